The molecular weight excluding hydrogens is 206 g/mol. The van der Waals surface area contributed by atoms with Crippen LogP contribution in [0.5, 0.6) is 0 Å². The summed E-state index contributed by atoms with van der Waals surface area (Å²) < 4.78 is 4.55. The van der Waals surface area contributed by atoms with Crippen LogP contribution in [0.4, 0.5) is 4.79 Å². The van der Waals surface area contributed by atoms with Crippen molar-refractivity contribution in [2.45, 2.75) is 6.61 Å². The Morgan fingerprint density at radius 2 is 2.29 bits per heavy atom. The fourth-order valence-electron chi connectivity index (χ4n) is 0.927. The molecule has 0 aliphatic carbocycles. The van der Waals surface area contributed by atoms with E-state index >= 15 is 0 Å². The highest BCUT2D eigenvalue weighted by Gasteiger charge is 2.03. The maximum Gasteiger partial charge on any atom is 0.404 e. The zero-order chi connectivity index (χ0) is 10.6. The second kappa shape index (κ2) is 4.62. The normalized spacial score (nSPS) is 9.50. The number of rotatable bonds is 3. The summed E-state index contributed by atoms with van der Waals surface area (Å²) in [5.74, 6) is 0. The average Bonchev–Trinajstić information content (AvgIpc) is 2.16. The largest absolute Gasteiger partial charge is 0.445 e. The first-order chi connectivity index (χ1) is 6.63. The number of aldehydes is 1. The molecule has 0 saturated carbocycles. The van der Waals surface area contributed by atoms with Gasteiger partial charge in [0.2, 0.25) is 0 Å². The number of halogens is 1. The van der Waals surface area contributed by atoms with Crippen LogP contribution in [0.1, 0.15) is 15.9 Å². The van der Waals surface area contributed by atoms with Crippen molar-refractivity contribution in [1.29, 1.82) is 0 Å². The molecule has 2 N–H and O–H groups in total. The predicted molar refractivity (Wildman–Crippen MR) is 51.2 cm³/mol. The third-order valence-electron chi connectivity index (χ3n) is 1.58. The molecule has 0 aliphatic heterocycles. The van der Waals surface area contributed by atoms with Crippen molar-refractivity contribution >= 4 is 24.0 Å². The van der Waals surface area contributed by atoms with E-state index in [1.807, 2.05) is 0 Å². The Morgan fingerprint density at radius 1 is 1.57 bits per heavy atom. The van der Waals surface area contributed by atoms with Crippen LogP contribution in [0.25, 0.3) is 0 Å². The predicted octanol–water partition coefficient (Wildman–Crippen LogP) is 1.75. The van der Waals surface area contributed by atoms with Crippen LogP contribution < -0.4 is 5.73 Å². The second-order valence-electron chi connectivity index (χ2n) is 2.58. The number of carbonyl (C=O) groups is 2. The molecule has 0 spiro atoms. The van der Waals surface area contributed by atoms with E-state index in [9.17, 15) is 9.59 Å². The summed E-state index contributed by atoms with van der Waals surface area (Å²) in [5, 5.41) is 0.428. The molecule has 0 aromatic heterocycles. The van der Waals surface area contributed by atoms with E-state index in [1.54, 1.807) is 12.1 Å². The summed E-state index contributed by atoms with van der Waals surface area (Å²) in [6.07, 6.45) is -0.193. The maximum atomic E-state index is 10.4. The third kappa shape index (κ3) is 2.74. The van der Waals surface area contributed by atoms with Gasteiger partial charge in [-0.3, -0.25) is 4.79 Å². The van der Waals surface area contributed by atoms with E-state index in [1.165, 1.54) is 6.07 Å². The van der Waals surface area contributed by atoms with Gasteiger partial charge in [0.05, 0.1) is 0 Å². The van der Waals surface area contributed by atoms with Gasteiger partial charge in [-0.1, -0.05) is 17.7 Å². The van der Waals surface area contributed by atoms with Crippen molar-refractivity contribution < 1.29 is 14.3 Å². The number of hydrogen-bond acceptors (Lipinski definition) is 3. The van der Waals surface area contributed by atoms with Crippen LogP contribution in [0.15, 0.2) is 18.2 Å². The van der Waals surface area contributed by atoms with Gasteiger partial charge < -0.3 is 10.5 Å². The van der Waals surface area contributed by atoms with Gasteiger partial charge in [0.1, 0.15) is 12.9 Å². The van der Waals surface area contributed by atoms with Crippen molar-refractivity contribution in [3.63, 3.8) is 0 Å². The molecule has 5 heteroatoms. The lowest BCUT2D eigenvalue weighted by Gasteiger charge is -2.04. The van der Waals surface area contributed by atoms with E-state index < -0.39 is 6.09 Å². The zero-order valence-corrected chi connectivity index (χ0v) is 7.95. The number of carbonyl (C=O) groups excluding carboxylic acids is 2. The van der Waals surface area contributed by atoms with Gasteiger partial charge in [-0.15, -0.1) is 0 Å². The molecule has 1 aromatic carbocycles. The molecule has 1 rings (SSSR count). The fourth-order valence-corrected chi connectivity index (χ4v) is 1.10. The van der Waals surface area contributed by atoms with Gasteiger partial charge in [0, 0.05) is 16.1 Å². The molecule has 0 atom stereocenters. The van der Waals surface area contributed by atoms with Gasteiger partial charge in [-0.25, -0.2) is 4.79 Å². The Bertz CT molecular complexity index is 365. The van der Waals surface area contributed by atoms with Crippen molar-refractivity contribution in [3.8, 4) is 0 Å². The SMILES string of the molecule is NC(=O)OCc1cc(C=O)ccc1Cl. The quantitative estimate of drug-likeness (QED) is 0.778. The van der Waals surface area contributed by atoms with Crippen molar-refractivity contribution in [2.24, 2.45) is 5.73 Å². The number of benzene rings is 1. The van der Waals surface area contributed by atoms with Crippen LogP contribution in [0.2, 0.25) is 5.02 Å². The van der Waals surface area contributed by atoms with E-state index in [0.29, 0.717) is 22.4 Å². The molecule has 0 unspecified atom stereocenters. The van der Waals surface area contributed by atoms with Crippen LogP contribution in [-0.4, -0.2) is 12.4 Å². The lowest BCUT2D eigenvalue weighted by molar-refractivity contribution is 0.112. The van der Waals surface area contributed by atoms with Gasteiger partial charge >= 0.3 is 6.09 Å². The molecule has 0 heterocycles. The highest BCUT2D eigenvalue weighted by atomic mass is 35.5. The lowest BCUT2D eigenvalue weighted by Crippen LogP contribution is -2.12. The van der Waals surface area contributed by atoms with Gasteiger partial charge in [-0.2, -0.15) is 0 Å². The van der Waals surface area contributed by atoms with Crippen molar-refractivity contribution in [2.75, 3.05) is 0 Å². The zero-order valence-electron chi connectivity index (χ0n) is 7.20. The summed E-state index contributed by atoms with van der Waals surface area (Å²) in [7, 11) is 0. The lowest BCUT2D eigenvalue weighted by atomic mass is 10.1. The minimum absolute atomic E-state index is 0.0319. The molecule has 0 radical (unpaired) electrons. The summed E-state index contributed by atoms with van der Waals surface area (Å²) in [4.78, 5) is 20.8. The highest BCUT2D eigenvalue weighted by molar-refractivity contribution is 6.31. The number of primary amides is 1. The number of amides is 1. The first-order valence-corrected chi connectivity index (χ1v) is 4.17. The fraction of sp³-hybridized carbons (Fsp3) is 0.111. The van der Waals surface area contributed by atoms with Crippen LogP contribution in [0.3, 0.4) is 0 Å². The van der Waals surface area contributed by atoms with E-state index in [4.69, 9.17) is 17.3 Å². The Labute approximate surface area is 85.6 Å². The first-order valence-electron chi connectivity index (χ1n) is 3.79. The topological polar surface area (TPSA) is 69.4 Å². The van der Waals surface area contributed by atoms with Crippen LogP contribution >= 0.6 is 11.6 Å². The van der Waals surface area contributed by atoms with Gasteiger partial charge in [0.15, 0.2) is 0 Å². The van der Waals surface area contributed by atoms with E-state index in [0.717, 1.165) is 0 Å². The molecule has 4 nitrogen and oxygen atoms in total. The highest BCUT2D eigenvalue weighted by Crippen LogP contribution is 2.17. The second-order valence-corrected chi connectivity index (χ2v) is 2.98. The molecular formula is C9H8ClNO3. The number of hydrogen-bond donors (Lipinski definition) is 1. The van der Waals surface area contributed by atoms with E-state index in [-0.39, 0.29) is 6.61 Å². The minimum atomic E-state index is -0.877. The van der Waals surface area contributed by atoms with Crippen LogP contribution in [-0.2, 0) is 11.3 Å². The summed E-state index contributed by atoms with van der Waals surface area (Å²) in [5.41, 5.74) is 5.81. The standard InChI is InChI=1S/C9H8ClNO3/c10-8-2-1-6(4-12)3-7(8)5-14-9(11)13/h1-4H,5H2,(H2,11,13). The first kappa shape index (κ1) is 10.5. The molecule has 74 valence electrons. The van der Waals surface area contributed by atoms with E-state index in [2.05, 4.69) is 4.74 Å². The molecule has 0 fully saturated rings. The summed E-state index contributed by atoms with van der Waals surface area (Å²) >= 11 is 5.79. The molecule has 0 saturated heterocycles. The van der Waals surface area contributed by atoms with Crippen molar-refractivity contribution in [3.05, 3.63) is 34.3 Å². The number of nitrogens with two attached hydrogens (primary N) is 1. The number of ether oxygens (including phenoxy) is 1. The monoisotopic (exact) mass is 213 g/mol. The van der Waals surface area contributed by atoms with Gasteiger partial charge in [-0.05, 0) is 12.1 Å². The molecule has 0 aliphatic rings. The Morgan fingerprint density at radius 3 is 2.86 bits per heavy atom. The Balaban J connectivity index is 2.83. The molecule has 0 bridgehead atoms. The van der Waals surface area contributed by atoms with Gasteiger partial charge in [0.25, 0.3) is 0 Å². The molecule has 14 heavy (non-hydrogen) atoms. The molecule has 1 amide bonds. The Hall–Kier alpha value is -1.55. The molecule has 1 aromatic rings. The van der Waals surface area contributed by atoms with Crippen LogP contribution in [0, 0.1) is 0 Å². The smallest absolute Gasteiger partial charge is 0.404 e. The van der Waals surface area contributed by atoms with Crippen molar-refractivity contribution in [1.82, 2.24) is 0 Å². The average molecular weight is 214 g/mol. The minimum Gasteiger partial charge on any atom is -0.445 e. The third-order valence-corrected chi connectivity index (χ3v) is 1.94. The summed E-state index contributed by atoms with van der Waals surface area (Å²) in [6, 6.07) is 4.67. The maximum absolute atomic E-state index is 10.4. The summed E-state index contributed by atoms with van der Waals surface area (Å²) in [6.45, 7) is -0.0319. The Kier molecular flexibility index (Phi) is 3.48.